The molecule has 0 bridgehead atoms. The first-order chi connectivity index (χ1) is 8.53. The molecule has 0 aliphatic rings. The van der Waals surface area contributed by atoms with Gasteiger partial charge in [0.15, 0.2) is 0 Å². The van der Waals surface area contributed by atoms with Crippen molar-refractivity contribution in [3.05, 3.63) is 30.3 Å². The van der Waals surface area contributed by atoms with E-state index < -0.39 is 13.6 Å². The average molecular weight is 273 g/mol. The van der Waals surface area contributed by atoms with E-state index in [1.807, 2.05) is 0 Å². The minimum atomic E-state index is -3.81. The fourth-order valence-corrected chi connectivity index (χ4v) is 2.10. The molecule has 0 aliphatic heterocycles. The van der Waals surface area contributed by atoms with Gasteiger partial charge >= 0.3 is 13.6 Å². The highest BCUT2D eigenvalue weighted by Gasteiger charge is 2.20. The summed E-state index contributed by atoms with van der Waals surface area (Å²) in [6.45, 7) is 1.84. The maximum atomic E-state index is 11.6. The summed E-state index contributed by atoms with van der Waals surface area (Å²) in [5.41, 5.74) is 0. The Balaban J connectivity index is 2.36. The molecule has 7 heteroatoms. The lowest BCUT2D eigenvalue weighted by molar-refractivity contribution is -0.141. The third kappa shape index (κ3) is 5.82. The van der Waals surface area contributed by atoms with E-state index in [0.717, 1.165) is 0 Å². The number of carbonyl (C=O) groups is 1. The molecule has 0 heterocycles. The molecular formula is C11H16NO5P. The summed E-state index contributed by atoms with van der Waals surface area (Å²) in [5, 5.41) is 2.52. The number of benzene rings is 1. The molecular weight excluding hydrogens is 257 g/mol. The fraction of sp³-hybridized carbons (Fsp3) is 0.364. The lowest BCUT2D eigenvalue weighted by Gasteiger charge is -2.13. The summed E-state index contributed by atoms with van der Waals surface area (Å²) in [4.78, 5) is 20.5. The second kappa shape index (κ2) is 7.16. The van der Waals surface area contributed by atoms with Gasteiger partial charge in [-0.2, -0.15) is 0 Å². The molecule has 1 aromatic rings. The molecule has 0 fully saturated rings. The van der Waals surface area contributed by atoms with Crippen LogP contribution >= 0.6 is 7.60 Å². The maximum Gasteiger partial charge on any atom is 0.390 e. The highest BCUT2D eigenvalue weighted by Crippen LogP contribution is 2.40. The average Bonchev–Trinajstić information content (AvgIpc) is 2.29. The van der Waals surface area contributed by atoms with Crippen molar-refractivity contribution in [3.63, 3.8) is 0 Å². The van der Waals surface area contributed by atoms with Crippen molar-refractivity contribution >= 4 is 13.6 Å². The Morgan fingerprint density at radius 3 is 2.67 bits per heavy atom. The van der Waals surface area contributed by atoms with E-state index in [4.69, 9.17) is 4.52 Å². The largest absolute Gasteiger partial charge is 0.465 e. The Morgan fingerprint density at radius 2 is 2.06 bits per heavy atom. The summed E-state index contributed by atoms with van der Waals surface area (Å²) in [5.74, 6) is -0.168. The van der Waals surface area contributed by atoms with Crippen LogP contribution in [0.2, 0.25) is 0 Å². The monoisotopic (exact) mass is 273 g/mol. The standard InChI is InChI=1S/C11H16NO5P/c1-2-16-11(13)8-12-9-18(14,15)17-10-6-4-3-5-7-10/h3-7,12H,2,8-9H2,1H3,(H,14,15). The summed E-state index contributed by atoms with van der Waals surface area (Å²) in [6, 6.07) is 8.32. The molecule has 0 aliphatic carbocycles. The van der Waals surface area contributed by atoms with Gasteiger partial charge in [-0.05, 0) is 19.1 Å². The first-order valence-electron chi connectivity index (χ1n) is 5.46. The van der Waals surface area contributed by atoms with Gasteiger partial charge in [0, 0.05) is 0 Å². The minimum absolute atomic E-state index is 0.128. The Hall–Kier alpha value is -1.36. The molecule has 1 aromatic carbocycles. The summed E-state index contributed by atoms with van der Waals surface area (Å²) >= 11 is 0. The molecule has 0 saturated carbocycles. The Labute approximate surface area is 105 Å². The lowest BCUT2D eigenvalue weighted by Crippen LogP contribution is -2.26. The first kappa shape index (κ1) is 14.7. The van der Waals surface area contributed by atoms with Gasteiger partial charge in [0.25, 0.3) is 0 Å². The molecule has 0 spiro atoms. The van der Waals surface area contributed by atoms with Crippen LogP contribution < -0.4 is 9.84 Å². The smallest absolute Gasteiger partial charge is 0.390 e. The van der Waals surface area contributed by atoms with Crippen LogP contribution in [0.4, 0.5) is 0 Å². The predicted molar refractivity (Wildman–Crippen MR) is 66.4 cm³/mol. The summed E-state index contributed by atoms with van der Waals surface area (Å²) in [6.07, 6.45) is -0.319. The lowest BCUT2D eigenvalue weighted by atomic mass is 10.3. The summed E-state index contributed by atoms with van der Waals surface area (Å²) < 4.78 is 21.2. The van der Waals surface area contributed by atoms with Crippen LogP contribution in [0.1, 0.15) is 6.92 Å². The zero-order chi connectivity index (χ0) is 13.4. The summed E-state index contributed by atoms with van der Waals surface area (Å²) in [7, 11) is -3.81. The van der Waals surface area contributed by atoms with Gasteiger partial charge in [0.2, 0.25) is 0 Å². The van der Waals surface area contributed by atoms with Crippen molar-refractivity contribution in [2.45, 2.75) is 6.92 Å². The number of ether oxygens (including phenoxy) is 1. The molecule has 6 nitrogen and oxygen atoms in total. The SMILES string of the molecule is CCOC(=O)CNCP(=O)(O)Oc1ccccc1. The molecule has 18 heavy (non-hydrogen) atoms. The van der Waals surface area contributed by atoms with Crippen LogP contribution in [0.5, 0.6) is 5.75 Å². The number of nitrogens with one attached hydrogen (secondary N) is 1. The number of carbonyl (C=O) groups excluding carboxylic acids is 1. The van der Waals surface area contributed by atoms with Crippen LogP contribution in [0, 0.1) is 0 Å². The van der Waals surface area contributed by atoms with E-state index >= 15 is 0 Å². The predicted octanol–water partition coefficient (Wildman–Crippen LogP) is 1.36. The van der Waals surface area contributed by atoms with Crippen molar-refractivity contribution in [1.82, 2.24) is 5.32 Å². The van der Waals surface area contributed by atoms with E-state index in [-0.39, 0.29) is 19.4 Å². The molecule has 1 atom stereocenters. The molecule has 1 rings (SSSR count). The number of para-hydroxylation sites is 1. The first-order valence-corrected chi connectivity index (χ1v) is 7.22. The maximum absolute atomic E-state index is 11.6. The molecule has 100 valence electrons. The molecule has 0 radical (unpaired) electrons. The third-order valence-corrected chi connectivity index (χ3v) is 3.00. The second-order valence-electron chi connectivity index (χ2n) is 3.43. The van der Waals surface area contributed by atoms with E-state index in [0.29, 0.717) is 5.75 Å². The number of hydrogen-bond acceptors (Lipinski definition) is 5. The Kier molecular flexibility index (Phi) is 5.85. The van der Waals surface area contributed by atoms with Crippen LogP contribution in [-0.4, -0.2) is 30.3 Å². The van der Waals surface area contributed by atoms with Crippen molar-refractivity contribution in [3.8, 4) is 5.75 Å². The molecule has 2 N–H and O–H groups in total. The Morgan fingerprint density at radius 1 is 1.39 bits per heavy atom. The van der Waals surface area contributed by atoms with E-state index in [2.05, 4.69) is 10.1 Å². The highest BCUT2D eigenvalue weighted by atomic mass is 31.2. The van der Waals surface area contributed by atoms with Gasteiger partial charge in [-0.1, -0.05) is 18.2 Å². The van der Waals surface area contributed by atoms with Crippen molar-refractivity contribution in [1.29, 1.82) is 0 Å². The number of hydrogen-bond donors (Lipinski definition) is 2. The molecule has 0 saturated heterocycles. The highest BCUT2D eigenvalue weighted by molar-refractivity contribution is 7.53. The van der Waals surface area contributed by atoms with Gasteiger partial charge in [-0.25, -0.2) is 4.57 Å². The zero-order valence-corrected chi connectivity index (χ0v) is 10.9. The molecule has 0 amide bonds. The normalized spacial score (nSPS) is 13.7. The minimum Gasteiger partial charge on any atom is -0.465 e. The van der Waals surface area contributed by atoms with Crippen molar-refractivity contribution in [2.24, 2.45) is 0 Å². The third-order valence-electron chi connectivity index (χ3n) is 1.88. The topological polar surface area (TPSA) is 84.9 Å². The van der Waals surface area contributed by atoms with E-state index in [1.54, 1.807) is 37.3 Å². The molecule has 0 aromatic heterocycles. The number of rotatable bonds is 7. The van der Waals surface area contributed by atoms with Gasteiger partial charge in [-0.15, -0.1) is 0 Å². The fourth-order valence-electron chi connectivity index (χ4n) is 1.19. The van der Waals surface area contributed by atoms with Crippen molar-refractivity contribution < 1.29 is 23.5 Å². The van der Waals surface area contributed by atoms with Gasteiger partial charge < -0.3 is 14.2 Å². The molecule has 1 unspecified atom stereocenters. The zero-order valence-electron chi connectivity index (χ0n) is 10.0. The van der Waals surface area contributed by atoms with Crippen LogP contribution in [-0.2, 0) is 14.1 Å². The second-order valence-corrected chi connectivity index (χ2v) is 5.21. The quantitative estimate of drug-likeness (QED) is 0.576. The number of esters is 1. The van der Waals surface area contributed by atoms with Gasteiger partial charge in [0.1, 0.15) is 12.0 Å². The van der Waals surface area contributed by atoms with E-state index in [9.17, 15) is 14.3 Å². The van der Waals surface area contributed by atoms with Crippen LogP contribution in [0.25, 0.3) is 0 Å². The Bertz CT molecular complexity index is 423. The van der Waals surface area contributed by atoms with Crippen LogP contribution in [0.15, 0.2) is 30.3 Å². The van der Waals surface area contributed by atoms with Gasteiger partial charge in [-0.3, -0.25) is 10.1 Å². The van der Waals surface area contributed by atoms with Crippen LogP contribution in [0.3, 0.4) is 0 Å². The van der Waals surface area contributed by atoms with Crippen molar-refractivity contribution in [2.75, 3.05) is 19.4 Å². The van der Waals surface area contributed by atoms with E-state index in [1.165, 1.54) is 0 Å². The van der Waals surface area contributed by atoms with Gasteiger partial charge in [0.05, 0.1) is 13.2 Å².